The van der Waals surface area contributed by atoms with Crippen LogP contribution in [0.25, 0.3) is 0 Å². The van der Waals surface area contributed by atoms with Crippen molar-refractivity contribution < 1.29 is 4.92 Å². The molecule has 8 heteroatoms. The summed E-state index contributed by atoms with van der Waals surface area (Å²) in [6, 6.07) is 5.04. The van der Waals surface area contributed by atoms with Gasteiger partial charge in [-0.05, 0) is 12.1 Å². The maximum atomic E-state index is 10.7. The lowest BCUT2D eigenvalue weighted by Crippen LogP contribution is -2.06. The van der Waals surface area contributed by atoms with Gasteiger partial charge in [0.1, 0.15) is 0 Å². The van der Waals surface area contributed by atoms with E-state index < -0.39 is 4.92 Å². The number of aromatic amines is 1. The zero-order chi connectivity index (χ0) is 14.4. The molecule has 2 rings (SSSR count). The zero-order valence-electron chi connectivity index (χ0n) is 10.5. The van der Waals surface area contributed by atoms with Gasteiger partial charge in [0.2, 0.25) is 0 Å². The van der Waals surface area contributed by atoms with Gasteiger partial charge in [0.25, 0.3) is 0 Å². The average molecular weight is 313 g/mol. The molecule has 0 aliphatic heterocycles. The highest BCUT2D eigenvalue weighted by Gasteiger charge is 2.13. The fraction of sp³-hybridized carbons (Fsp3) is 0.250. The van der Waals surface area contributed by atoms with E-state index in [9.17, 15) is 10.1 Å². The Balaban J connectivity index is 1.73. The van der Waals surface area contributed by atoms with Crippen molar-refractivity contribution in [2.45, 2.75) is 5.75 Å². The number of H-pyrrole nitrogens is 1. The van der Waals surface area contributed by atoms with E-state index in [1.165, 1.54) is 6.07 Å². The molecule has 0 amide bonds. The van der Waals surface area contributed by atoms with Crippen molar-refractivity contribution in [1.82, 2.24) is 9.97 Å². The van der Waals surface area contributed by atoms with Crippen molar-refractivity contribution in [3.63, 3.8) is 0 Å². The first-order valence-electron chi connectivity index (χ1n) is 5.91. The van der Waals surface area contributed by atoms with Gasteiger partial charge >= 0.3 is 5.69 Å². The maximum Gasteiger partial charge on any atom is 0.310 e. The predicted octanol–water partition coefficient (Wildman–Crippen LogP) is 3.32. The smallest absolute Gasteiger partial charge is 0.310 e. The summed E-state index contributed by atoms with van der Waals surface area (Å²) < 4.78 is 0. The van der Waals surface area contributed by atoms with Gasteiger partial charge < -0.3 is 10.3 Å². The summed E-state index contributed by atoms with van der Waals surface area (Å²) in [5.74, 6) is 1.95. The summed E-state index contributed by atoms with van der Waals surface area (Å²) in [4.78, 5) is 17.3. The van der Waals surface area contributed by atoms with E-state index in [1.54, 1.807) is 30.2 Å². The lowest BCUT2D eigenvalue weighted by Gasteiger charge is -2.05. The predicted molar refractivity (Wildman–Crippen MR) is 81.3 cm³/mol. The molecule has 0 saturated carbocycles. The van der Waals surface area contributed by atoms with Crippen LogP contribution in [0.5, 0.6) is 0 Å². The molecule has 2 heterocycles. The van der Waals surface area contributed by atoms with E-state index in [1.807, 2.05) is 6.07 Å². The van der Waals surface area contributed by atoms with Gasteiger partial charge in [-0.2, -0.15) is 11.8 Å². The first-order valence-corrected chi connectivity index (χ1v) is 7.44. The number of anilines is 1. The Morgan fingerprint density at radius 2 is 2.35 bits per heavy atom. The molecule has 0 aliphatic rings. The van der Waals surface area contributed by atoms with Crippen molar-refractivity contribution in [3.05, 3.63) is 51.4 Å². The molecule has 6 nitrogen and oxygen atoms in total. The quantitative estimate of drug-likeness (QED) is 0.465. The molecule has 0 atom stereocenters. The van der Waals surface area contributed by atoms with Gasteiger partial charge in [0, 0.05) is 36.5 Å². The number of hydrogen-bond donors (Lipinski definition) is 2. The van der Waals surface area contributed by atoms with Gasteiger partial charge in [-0.15, -0.1) is 0 Å². The SMILES string of the molecule is O=[N+]([O-])c1cc[nH]c1NCCSCc1ncccc1Cl. The summed E-state index contributed by atoms with van der Waals surface area (Å²) in [6.07, 6.45) is 3.25. The molecular weight excluding hydrogens is 300 g/mol. The van der Waals surface area contributed by atoms with Gasteiger partial charge in [0.15, 0.2) is 5.82 Å². The Hall–Kier alpha value is -1.73. The van der Waals surface area contributed by atoms with Crippen LogP contribution < -0.4 is 5.32 Å². The molecule has 0 fully saturated rings. The minimum absolute atomic E-state index is 0.0581. The highest BCUT2D eigenvalue weighted by atomic mass is 35.5. The van der Waals surface area contributed by atoms with Crippen LogP contribution in [0.15, 0.2) is 30.6 Å². The van der Waals surface area contributed by atoms with Crippen molar-refractivity contribution in [1.29, 1.82) is 0 Å². The largest absolute Gasteiger partial charge is 0.365 e. The van der Waals surface area contributed by atoms with Gasteiger partial charge in [-0.1, -0.05) is 11.6 Å². The Morgan fingerprint density at radius 3 is 3.10 bits per heavy atom. The number of pyridine rings is 1. The first kappa shape index (κ1) is 14.7. The van der Waals surface area contributed by atoms with Crippen molar-refractivity contribution >= 4 is 34.9 Å². The van der Waals surface area contributed by atoms with E-state index in [0.29, 0.717) is 23.1 Å². The third-order valence-electron chi connectivity index (χ3n) is 2.54. The third-order valence-corrected chi connectivity index (χ3v) is 3.86. The number of aromatic nitrogens is 2. The maximum absolute atomic E-state index is 10.7. The standard InChI is InChI=1S/C12H13ClN4O2S/c13-9-2-1-4-14-10(9)8-20-7-6-16-12-11(17(18)19)3-5-15-12/h1-5,15-16H,6-8H2. The number of hydrogen-bond acceptors (Lipinski definition) is 5. The van der Waals surface area contributed by atoms with Crippen LogP contribution in [0, 0.1) is 10.1 Å². The van der Waals surface area contributed by atoms with Crippen LogP contribution >= 0.6 is 23.4 Å². The van der Waals surface area contributed by atoms with E-state index in [-0.39, 0.29) is 5.69 Å². The second kappa shape index (κ2) is 7.16. The van der Waals surface area contributed by atoms with Crippen molar-refractivity contribution in [2.24, 2.45) is 0 Å². The Morgan fingerprint density at radius 1 is 1.50 bits per heavy atom. The Bertz CT molecular complexity index is 590. The highest BCUT2D eigenvalue weighted by Crippen LogP contribution is 2.22. The molecule has 20 heavy (non-hydrogen) atoms. The number of nitro groups is 1. The van der Waals surface area contributed by atoms with E-state index >= 15 is 0 Å². The number of thioether (sulfide) groups is 1. The minimum Gasteiger partial charge on any atom is -0.365 e. The molecule has 2 aromatic heterocycles. The second-order valence-electron chi connectivity index (χ2n) is 3.91. The number of rotatable bonds is 7. The van der Waals surface area contributed by atoms with Crippen LogP contribution in [0.4, 0.5) is 11.5 Å². The van der Waals surface area contributed by atoms with E-state index in [2.05, 4.69) is 15.3 Å². The normalized spacial score (nSPS) is 10.4. The number of nitrogens with one attached hydrogen (secondary N) is 2. The lowest BCUT2D eigenvalue weighted by atomic mass is 10.4. The first-order chi connectivity index (χ1) is 9.68. The molecule has 2 aromatic rings. The molecule has 0 unspecified atom stereocenters. The molecule has 0 radical (unpaired) electrons. The molecule has 0 saturated heterocycles. The number of halogens is 1. The monoisotopic (exact) mass is 312 g/mol. The van der Waals surface area contributed by atoms with Crippen molar-refractivity contribution in [3.8, 4) is 0 Å². The average Bonchev–Trinajstić information content (AvgIpc) is 2.89. The molecule has 0 bridgehead atoms. The fourth-order valence-electron chi connectivity index (χ4n) is 1.60. The Labute approximate surface area is 125 Å². The van der Waals surface area contributed by atoms with E-state index in [0.717, 1.165) is 11.4 Å². The summed E-state index contributed by atoms with van der Waals surface area (Å²) in [5, 5.41) is 14.4. The van der Waals surface area contributed by atoms with E-state index in [4.69, 9.17) is 11.6 Å². The molecule has 0 aromatic carbocycles. The molecule has 0 aliphatic carbocycles. The van der Waals surface area contributed by atoms with Crippen LogP contribution in [0.2, 0.25) is 5.02 Å². The van der Waals surface area contributed by atoms with Crippen LogP contribution in [-0.4, -0.2) is 27.2 Å². The van der Waals surface area contributed by atoms with Crippen LogP contribution in [0.1, 0.15) is 5.69 Å². The molecular formula is C12H13ClN4O2S. The second-order valence-corrected chi connectivity index (χ2v) is 5.42. The topological polar surface area (TPSA) is 83.8 Å². The fourth-order valence-corrected chi connectivity index (χ4v) is 2.68. The highest BCUT2D eigenvalue weighted by molar-refractivity contribution is 7.98. The summed E-state index contributed by atoms with van der Waals surface area (Å²) in [7, 11) is 0. The Kier molecular flexibility index (Phi) is 5.25. The molecule has 106 valence electrons. The van der Waals surface area contributed by atoms with Gasteiger partial charge in [-0.25, -0.2) is 0 Å². The zero-order valence-corrected chi connectivity index (χ0v) is 12.1. The molecule has 2 N–H and O–H groups in total. The van der Waals surface area contributed by atoms with Gasteiger partial charge in [-0.3, -0.25) is 15.1 Å². The van der Waals surface area contributed by atoms with Crippen LogP contribution in [0.3, 0.4) is 0 Å². The molecule has 0 spiro atoms. The minimum atomic E-state index is -0.417. The third kappa shape index (κ3) is 3.88. The lowest BCUT2D eigenvalue weighted by molar-refractivity contribution is -0.383. The summed E-state index contributed by atoms with van der Waals surface area (Å²) in [6.45, 7) is 0.622. The van der Waals surface area contributed by atoms with Crippen molar-refractivity contribution in [2.75, 3.05) is 17.6 Å². The summed E-state index contributed by atoms with van der Waals surface area (Å²) in [5.41, 5.74) is 0.910. The summed E-state index contributed by atoms with van der Waals surface area (Å²) >= 11 is 7.67. The van der Waals surface area contributed by atoms with Gasteiger partial charge in [0.05, 0.1) is 15.6 Å². The number of nitrogens with zero attached hydrogens (tertiary/aromatic N) is 2. The van der Waals surface area contributed by atoms with Crippen LogP contribution in [-0.2, 0) is 5.75 Å².